The molecule has 19 heavy (non-hydrogen) atoms. The predicted molar refractivity (Wildman–Crippen MR) is 74.7 cm³/mol. The summed E-state index contributed by atoms with van der Waals surface area (Å²) in [5.74, 6) is 0.0905. The summed E-state index contributed by atoms with van der Waals surface area (Å²) in [7, 11) is 0. The molecule has 0 aliphatic heterocycles. The fourth-order valence-electron chi connectivity index (χ4n) is 1.84. The van der Waals surface area contributed by atoms with Crippen LogP contribution in [-0.4, -0.2) is 22.2 Å². The SMILES string of the molecule is Cc1ccc(CCC(=O)NCCn2cccn2)cc1. The van der Waals surface area contributed by atoms with Gasteiger partial charge in [-0.2, -0.15) is 5.10 Å². The van der Waals surface area contributed by atoms with Crippen LogP contribution in [0.5, 0.6) is 0 Å². The molecule has 0 spiro atoms. The summed E-state index contributed by atoms with van der Waals surface area (Å²) in [5.41, 5.74) is 2.44. The van der Waals surface area contributed by atoms with E-state index in [1.54, 1.807) is 10.9 Å². The van der Waals surface area contributed by atoms with Gasteiger partial charge in [0.15, 0.2) is 0 Å². The lowest BCUT2D eigenvalue weighted by Gasteiger charge is -2.06. The third-order valence-corrected chi connectivity index (χ3v) is 2.98. The van der Waals surface area contributed by atoms with Gasteiger partial charge in [0.25, 0.3) is 0 Å². The summed E-state index contributed by atoms with van der Waals surface area (Å²) in [6.45, 7) is 3.39. The van der Waals surface area contributed by atoms with Crippen LogP contribution in [0.3, 0.4) is 0 Å². The molecule has 1 aromatic carbocycles. The van der Waals surface area contributed by atoms with E-state index in [1.165, 1.54) is 11.1 Å². The molecular weight excluding hydrogens is 238 g/mol. The van der Waals surface area contributed by atoms with Gasteiger partial charge in [-0.05, 0) is 25.0 Å². The number of hydrogen-bond donors (Lipinski definition) is 1. The highest BCUT2D eigenvalue weighted by Crippen LogP contribution is 2.05. The number of hydrogen-bond acceptors (Lipinski definition) is 2. The number of amides is 1. The van der Waals surface area contributed by atoms with Crippen molar-refractivity contribution < 1.29 is 4.79 Å². The summed E-state index contributed by atoms with van der Waals surface area (Å²) in [6, 6.07) is 10.2. The van der Waals surface area contributed by atoms with Crippen molar-refractivity contribution in [2.75, 3.05) is 6.54 Å². The molecule has 0 radical (unpaired) electrons. The molecule has 1 N–H and O–H groups in total. The van der Waals surface area contributed by atoms with Crippen LogP contribution in [0, 0.1) is 6.92 Å². The zero-order chi connectivity index (χ0) is 13.5. The minimum atomic E-state index is 0.0905. The van der Waals surface area contributed by atoms with Gasteiger partial charge in [0.2, 0.25) is 5.91 Å². The third kappa shape index (κ3) is 4.58. The quantitative estimate of drug-likeness (QED) is 0.859. The number of benzene rings is 1. The lowest BCUT2D eigenvalue weighted by Crippen LogP contribution is -2.27. The van der Waals surface area contributed by atoms with Crippen LogP contribution in [0.1, 0.15) is 17.5 Å². The Morgan fingerprint density at radius 1 is 1.32 bits per heavy atom. The van der Waals surface area contributed by atoms with Crippen molar-refractivity contribution >= 4 is 5.91 Å². The summed E-state index contributed by atoms with van der Waals surface area (Å²) in [5, 5.41) is 6.98. The fraction of sp³-hybridized carbons (Fsp3) is 0.333. The molecule has 0 saturated carbocycles. The average Bonchev–Trinajstić information content (AvgIpc) is 2.91. The molecule has 4 nitrogen and oxygen atoms in total. The second-order valence-corrected chi connectivity index (χ2v) is 4.60. The second kappa shape index (κ2) is 6.73. The summed E-state index contributed by atoms with van der Waals surface area (Å²) in [6.07, 6.45) is 4.94. The Labute approximate surface area is 113 Å². The molecule has 0 atom stereocenters. The largest absolute Gasteiger partial charge is 0.354 e. The Morgan fingerprint density at radius 2 is 2.11 bits per heavy atom. The molecule has 100 valence electrons. The number of nitrogens with one attached hydrogen (secondary N) is 1. The molecule has 1 aromatic heterocycles. The van der Waals surface area contributed by atoms with Crippen LogP contribution in [0.2, 0.25) is 0 Å². The van der Waals surface area contributed by atoms with Crippen molar-refractivity contribution in [3.05, 3.63) is 53.9 Å². The van der Waals surface area contributed by atoms with Gasteiger partial charge < -0.3 is 5.32 Å². The first kappa shape index (κ1) is 13.3. The Balaban J connectivity index is 1.65. The molecular formula is C15H19N3O. The maximum Gasteiger partial charge on any atom is 0.220 e. The Kier molecular flexibility index (Phi) is 4.72. The zero-order valence-electron chi connectivity index (χ0n) is 11.2. The Morgan fingerprint density at radius 3 is 2.79 bits per heavy atom. The van der Waals surface area contributed by atoms with E-state index < -0.39 is 0 Å². The van der Waals surface area contributed by atoms with Gasteiger partial charge in [0, 0.05) is 25.4 Å². The predicted octanol–water partition coefficient (Wildman–Crippen LogP) is 1.94. The highest BCUT2D eigenvalue weighted by Gasteiger charge is 2.01. The first-order valence-electron chi connectivity index (χ1n) is 6.54. The number of nitrogens with zero attached hydrogens (tertiary/aromatic N) is 2. The molecule has 0 bridgehead atoms. The van der Waals surface area contributed by atoms with Crippen LogP contribution < -0.4 is 5.32 Å². The van der Waals surface area contributed by atoms with Gasteiger partial charge in [-0.1, -0.05) is 29.8 Å². The molecule has 4 heteroatoms. The van der Waals surface area contributed by atoms with E-state index in [0.717, 1.165) is 6.42 Å². The summed E-state index contributed by atoms with van der Waals surface area (Å²) < 4.78 is 1.81. The van der Waals surface area contributed by atoms with Crippen molar-refractivity contribution in [1.82, 2.24) is 15.1 Å². The Bertz CT molecular complexity index is 503. The normalized spacial score (nSPS) is 10.4. The lowest BCUT2D eigenvalue weighted by atomic mass is 10.1. The zero-order valence-corrected chi connectivity index (χ0v) is 11.2. The smallest absolute Gasteiger partial charge is 0.220 e. The van der Waals surface area contributed by atoms with E-state index in [1.807, 2.05) is 12.3 Å². The lowest BCUT2D eigenvalue weighted by molar-refractivity contribution is -0.121. The number of aryl methyl sites for hydroxylation is 2. The van der Waals surface area contributed by atoms with Gasteiger partial charge in [-0.3, -0.25) is 9.48 Å². The van der Waals surface area contributed by atoms with Gasteiger partial charge in [0.05, 0.1) is 6.54 Å². The van der Waals surface area contributed by atoms with Gasteiger partial charge in [0.1, 0.15) is 0 Å². The van der Waals surface area contributed by atoms with Crippen molar-refractivity contribution in [3.8, 4) is 0 Å². The first-order valence-corrected chi connectivity index (χ1v) is 6.54. The molecule has 1 heterocycles. The van der Waals surface area contributed by atoms with E-state index >= 15 is 0 Å². The summed E-state index contributed by atoms with van der Waals surface area (Å²) in [4.78, 5) is 11.7. The minimum Gasteiger partial charge on any atom is -0.354 e. The van der Waals surface area contributed by atoms with E-state index in [9.17, 15) is 4.79 Å². The molecule has 0 fully saturated rings. The fourth-order valence-corrected chi connectivity index (χ4v) is 1.84. The van der Waals surface area contributed by atoms with Crippen LogP contribution in [0.25, 0.3) is 0 Å². The molecule has 0 aliphatic carbocycles. The van der Waals surface area contributed by atoms with Crippen LogP contribution in [-0.2, 0) is 17.8 Å². The molecule has 0 unspecified atom stereocenters. The van der Waals surface area contributed by atoms with Crippen molar-refractivity contribution in [1.29, 1.82) is 0 Å². The third-order valence-electron chi connectivity index (χ3n) is 2.98. The van der Waals surface area contributed by atoms with Crippen LogP contribution in [0.4, 0.5) is 0 Å². The number of carbonyl (C=O) groups excluding carboxylic acids is 1. The maximum absolute atomic E-state index is 11.7. The minimum absolute atomic E-state index is 0.0905. The van der Waals surface area contributed by atoms with Crippen molar-refractivity contribution in [2.24, 2.45) is 0 Å². The Hall–Kier alpha value is -2.10. The molecule has 2 aromatic rings. The first-order chi connectivity index (χ1) is 9.24. The van der Waals surface area contributed by atoms with Gasteiger partial charge >= 0.3 is 0 Å². The van der Waals surface area contributed by atoms with E-state index in [4.69, 9.17) is 0 Å². The van der Waals surface area contributed by atoms with Gasteiger partial charge in [-0.15, -0.1) is 0 Å². The standard InChI is InChI=1S/C15H19N3O/c1-13-3-5-14(6-4-13)7-8-15(19)16-10-12-18-11-2-9-17-18/h2-6,9,11H,7-8,10,12H2,1H3,(H,16,19). The maximum atomic E-state index is 11.7. The number of carbonyl (C=O) groups is 1. The topological polar surface area (TPSA) is 46.9 Å². The molecule has 0 saturated heterocycles. The van der Waals surface area contributed by atoms with E-state index in [2.05, 4.69) is 41.6 Å². The average molecular weight is 257 g/mol. The van der Waals surface area contributed by atoms with E-state index in [-0.39, 0.29) is 5.91 Å². The van der Waals surface area contributed by atoms with Crippen molar-refractivity contribution in [3.63, 3.8) is 0 Å². The molecule has 1 amide bonds. The highest BCUT2D eigenvalue weighted by molar-refractivity contribution is 5.76. The molecule has 0 aliphatic rings. The van der Waals surface area contributed by atoms with Crippen LogP contribution in [0.15, 0.2) is 42.7 Å². The highest BCUT2D eigenvalue weighted by atomic mass is 16.1. The number of aromatic nitrogens is 2. The summed E-state index contributed by atoms with van der Waals surface area (Å²) >= 11 is 0. The van der Waals surface area contributed by atoms with Gasteiger partial charge in [-0.25, -0.2) is 0 Å². The van der Waals surface area contributed by atoms with Crippen molar-refractivity contribution in [2.45, 2.75) is 26.3 Å². The van der Waals surface area contributed by atoms with Crippen LogP contribution >= 0.6 is 0 Å². The number of rotatable bonds is 6. The monoisotopic (exact) mass is 257 g/mol. The second-order valence-electron chi connectivity index (χ2n) is 4.60. The molecule has 2 rings (SSSR count). The van der Waals surface area contributed by atoms with E-state index in [0.29, 0.717) is 19.5 Å².